The van der Waals surface area contributed by atoms with Crippen LogP contribution in [-0.2, 0) is 13.0 Å². The van der Waals surface area contributed by atoms with E-state index in [-0.39, 0.29) is 18.6 Å². The predicted molar refractivity (Wildman–Crippen MR) is 79.3 cm³/mol. The third-order valence-electron chi connectivity index (χ3n) is 3.75. The molecule has 0 unspecified atom stereocenters. The molecule has 1 aliphatic heterocycles. The van der Waals surface area contributed by atoms with Crippen LogP contribution in [0.4, 0.5) is 0 Å². The van der Waals surface area contributed by atoms with Gasteiger partial charge in [0.1, 0.15) is 0 Å². The summed E-state index contributed by atoms with van der Waals surface area (Å²) in [5.41, 5.74) is 0. The molecule has 0 radical (unpaired) electrons. The molecule has 0 saturated carbocycles. The van der Waals surface area contributed by atoms with E-state index in [0.717, 1.165) is 25.9 Å². The molecular formula is C15H25NO2S. The molecule has 0 aromatic carbocycles. The summed E-state index contributed by atoms with van der Waals surface area (Å²) in [6.07, 6.45) is 1.66. The predicted octanol–water partition coefficient (Wildman–Crippen LogP) is 2.12. The second kappa shape index (κ2) is 6.84. The van der Waals surface area contributed by atoms with Crippen molar-refractivity contribution < 1.29 is 10.2 Å². The average molecular weight is 283 g/mol. The molecule has 0 bridgehead atoms. The van der Waals surface area contributed by atoms with E-state index in [2.05, 4.69) is 30.9 Å². The Morgan fingerprint density at radius 2 is 2.11 bits per heavy atom. The van der Waals surface area contributed by atoms with E-state index in [1.807, 2.05) is 11.3 Å². The first kappa shape index (κ1) is 15.0. The topological polar surface area (TPSA) is 43.7 Å². The molecule has 1 aromatic rings. The summed E-state index contributed by atoms with van der Waals surface area (Å²) < 4.78 is 0. The van der Waals surface area contributed by atoms with Gasteiger partial charge in [0, 0.05) is 35.4 Å². The summed E-state index contributed by atoms with van der Waals surface area (Å²) in [6.45, 7) is 7.18. The first-order valence-electron chi connectivity index (χ1n) is 7.17. The third-order valence-corrected chi connectivity index (χ3v) is 4.84. The SMILES string of the molecule is CC(C)Cc1ccc(CN2CC[C@H](CO)[C@@H](O)C2)s1. The molecule has 1 aliphatic rings. The van der Waals surface area contributed by atoms with Gasteiger partial charge in [-0.25, -0.2) is 0 Å². The Kier molecular flexibility index (Phi) is 5.39. The normalized spacial score (nSPS) is 25.1. The van der Waals surface area contributed by atoms with Crippen molar-refractivity contribution in [3.8, 4) is 0 Å². The van der Waals surface area contributed by atoms with Crippen LogP contribution in [0.3, 0.4) is 0 Å². The van der Waals surface area contributed by atoms with Gasteiger partial charge in [-0.3, -0.25) is 4.90 Å². The highest BCUT2D eigenvalue weighted by atomic mass is 32.1. The van der Waals surface area contributed by atoms with Gasteiger partial charge in [-0.05, 0) is 37.4 Å². The summed E-state index contributed by atoms with van der Waals surface area (Å²) in [7, 11) is 0. The Balaban J connectivity index is 1.86. The lowest BCUT2D eigenvalue weighted by molar-refractivity contribution is -0.00414. The van der Waals surface area contributed by atoms with Gasteiger partial charge in [-0.15, -0.1) is 11.3 Å². The zero-order valence-electron chi connectivity index (χ0n) is 11.9. The van der Waals surface area contributed by atoms with E-state index in [4.69, 9.17) is 5.11 Å². The Labute approximate surface area is 119 Å². The standard InChI is InChI=1S/C15H25NO2S/c1-11(2)7-13-3-4-14(19-13)8-16-6-5-12(10-17)15(18)9-16/h3-4,11-12,15,17-18H,5-10H2,1-2H3/t12-,15+/m1/s1. The smallest absolute Gasteiger partial charge is 0.0717 e. The average Bonchev–Trinajstić information content (AvgIpc) is 2.76. The van der Waals surface area contributed by atoms with Crippen LogP contribution >= 0.6 is 11.3 Å². The number of piperidine rings is 1. The largest absolute Gasteiger partial charge is 0.396 e. The number of aliphatic hydroxyl groups excluding tert-OH is 2. The highest BCUT2D eigenvalue weighted by Gasteiger charge is 2.27. The van der Waals surface area contributed by atoms with Crippen molar-refractivity contribution >= 4 is 11.3 Å². The summed E-state index contributed by atoms with van der Waals surface area (Å²) in [6, 6.07) is 4.45. The maximum atomic E-state index is 9.94. The summed E-state index contributed by atoms with van der Waals surface area (Å²) >= 11 is 1.89. The van der Waals surface area contributed by atoms with Crippen LogP contribution in [0.2, 0.25) is 0 Å². The second-order valence-electron chi connectivity index (χ2n) is 6.00. The molecule has 108 valence electrons. The van der Waals surface area contributed by atoms with Crippen LogP contribution < -0.4 is 0 Å². The van der Waals surface area contributed by atoms with E-state index in [0.29, 0.717) is 12.5 Å². The Morgan fingerprint density at radius 1 is 1.37 bits per heavy atom. The third kappa shape index (κ3) is 4.28. The molecule has 3 nitrogen and oxygen atoms in total. The van der Waals surface area contributed by atoms with Crippen LogP contribution in [-0.4, -0.2) is 40.9 Å². The Hall–Kier alpha value is -0.420. The lowest BCUT2D eigenvalue weighted by atomic mass is 9.95. The van der Waals surface area contributed by atoms with Gasteiger partial charge in [-0.2, -0.15) is 0 Å². The second-order valence-corrected chi connectivity index (χ2v) is 7.25. The molecule has 2 rings (SSSR count). The summed E-state index contributed by atoms with van der Waals surface area (Å²) in [5.74, 6) is 0.768. The summed E-state index contributed by atoms with van der Waals surface area (Å²) in [5, 5.41) is 19.1. The quantitative estimate of drug-likeness (QED) is 0.870. The number of thiophene rings is 1. The zero-order chi connectivity index (χ0) is 13.8. The maximum Gasteiger partial charge on any atom is 0.0717 e. The monoisotopic (exact) mass is 283 g/mol. The van der Waals surface area contributed by atoms with Crippen molar-refractivity contribution in [1.82, 2.24) is 4.90 Å². The molecule has 2 heterocycles. The molecule has 0 amide bonds. The molecule has 1 saturated heterocycles. The van der Waals surface area contributed by atoms with Gasteiger partial charge in [0.2, 0.25) is 0 Å². The van der Waals surface area contributed by atoms with Crippen LogP contribution in [0.5, 0.6) is 0 Å². The van der Waals surface area contributed by atoms with E-state index in [1.165, 1.54) is 9.75 Å². The van der Waals surface area contributed by atoms with Crippen LogP contribution in [0.15, 0.2) is 12.1 Å². The Morgan fingerprint density at radius 3 is 2.74 bits per heavy atom. The number of nitrogens with zero attached hydrogens (tertiary/aromatic N) is 1. The van der Waals surface area contributed by atoms with E-state index >= 15 is 0 Å². The first-order valence-corrected chi connectivity index (χ1v) is 7.99. The van der Waals surface area contributed by atoms with Crippen LogP contribution in [0, 0.1) is 11.8 Å². The molecule has 1 fully saturated rings. The fraction of sp³-hybridized carbons (Fsp3) is 0.733. The molecule has 0 spiro atoms. The van der Waals surface area contributed by atoms with E-state index < -0.39 is 0 Å². The van der Waals surface area contributed by atoms with Crippen molar-refractivity contribution in [3.63, 3.8) is 0 Å². The van der Waals surface area contributed by atoms with Crippen molar-refractivity contribution in [1.29, 1.82) is 0 Å². The lowest BCUT2D eigenvalue weighted by Crippen LogP contribution is -2.44. The van der Waals surface area contributed by atoms with Gasteiger partial charge >= 0.3 is 0 Å². The van der Waals surface area contributed by atoms with Crippen LogP contribution in [0.1, 0.15) is 30.0 Å². The maximum absolute atomic E-state index is 9.94. The number of β-amino-alcohol motifs (C(OH)–C–C–N with tert-alkyl or cyclic N) is 1. The molecule has 0 aliphatic carbocycles. The van der Waals surface area contributed by atoms with Crippen molar-refractivity contribution in [2.24, 2.45) is 11.8 Å². The highest BCUT2D eigenvalue weighted by Crippen LogP contribution is 2.24. The van der Waals surface area contributed by atoms with Gasteiger partial charge in [-0.1, -0.05) is 13.8 Å². The van der Waals surface area contributed by atoms with E-state index in [1.54, 1.807) is 0 Å². The zero-order valence-corrected chi connectivity index (χ0v) is 12.7. The number of likely N-dealkylation sites (tertiary alicyclic amines) is 1. The first-order chi connectivity index (χ1) is 9.08. The van der Waals surface area contributed by atoms with Gasteiger partial charge in [0.15, 0.2) is 0 Å². The van der Waals surface area contributed by atoms with Crippen molar-refractivity contribution in [2.75, 3.05) is 19.7 Å². The number of hydrogen-bond acceptors (Lipinski definition) is 4. The number of aliphatic hydroxyl groups is 2. The van der Waals surface area contributed by atoms with E-state index in [9.17, 15) is 5.11 Å². The van der Waals surface area contributed by atoms with Gasteiger partial charge in [0.05, 0.1) is 6.10 Å². The van der Waals surface area contributed by atoms with Crippen molar-refractivity contribution in [2.45, 2.75) is 39.3 Å². The lowest BCUT2D eigenvalue weighted by Gasteiger charge is -2.34. The molecule has 19 heavy (non-hydrogen) atoms. The number of rotatable bonds is 5. The van der Waals surface area contributed by atoms with Crippen molar-refractivity contribution in [3.05, 3.63) is 21.9 Å². The van der Waals surface area contributed by atoms with Gasteiger partial charge in [0.25, 0.3) is 0 Å². The fourth-order valence-electron chi connectivity index (χ4n) is 2.64. The summed E-state index contributed by atoms with van der Waals surface area (Å²) in [4.78, 5) is 5.13. The minimum Gasteiger partial charge on any atom is -0.396 e. The molecule has 2 N–H and O–H groups in total. The number of hydrogen-bond donors (Lipinski definition) is 2. The minimum atomic E-state index is -0.381. The fourth-order valence-corrected chi connectivity index (χ4v) is 3.91. The molecule has 4 heteroatoms. The molecule has 1 aromatic heterocycles. The minimum absolute atomic E-state index is 0.0658. The molecular weight excluding hydrogens is 258 g/mol. The highest BCUT2D eigenvalue weighted by molar-refractivity contribution is 7.11. The molecule has 2 atom stereocenters. The Bertz CT molecular complexity index is 391. The van der Waals surface area contributed by atoms with Crippen LogP contribution in [0.25, 0.3) is 0 Å². The van der Waals surface area contributed by atoms with Gasteiger partial charge < -0.3 is 10.2 Å².